The average Bonchev–Trinajstić information content (AvgIpc) is 2.85. The van der Waals surface area contributed by atoms with Gasteiger partial charge in [0.15, 0.2) is 11.4 Å². The summed E-state index contributed by atoms with van der Waals surface area (Å²) in [4.78, 5) is 12.8. The molecule has 0 radical (unpaired) electrons. The smallest absolute Gasteiger partial charge is 0.344 e. The Morgan fingerprint density at radius 2 is 1.39 bits per heavy atom. The first-order valence-electron chi connectivity index (χ1n) is 12.4. The summed E-state index contributed by atoms with van der Waals surface area (Å²) in [5, 5.41) is 1.87. The van der Waals surface area contributed by atoms with Crippen molar-refractivity contribution >= 4 is 21.7 Å². The van der Waals surface area contributed by atoms with Gasteiger partial charge in [-0.1, -0.05) is 101 Å². The van der Waals surface area contributed by atoms with E-state index in [0.29, 0.717) is 22.8 Å². The molecule has 0 amide bonds. The van der Waals surface area contributed by atoms with Gasteiger partial charge in [-0.05, 0) is 47.6 Å². The normalized spacial score (nSPS) is 11.5. The zero-order valence-corrected chi connectivity index (χ0v) is 19.8. The van der Waals surface area contributed by atoms with Crippen LogP contribution in [0.4, 0.5) is 4.39 Å². The van der Waals surface area contributed by atoms with Crippen molar-refractivity contribution in [1.29, 1.82) is 0 Å². The molecule has 0 N–H and O–H groups in total. The highest BCUT2D eigenvalue weighted by Crippen LogP contribution is 2.30. The number of aryl methyl sites for hydroxylation is 2. The summed E-state index contributed by atoms with van der Waals surface area (Å²) in [6.45, 7) is 4.34. The second-order valence-electron chi connectivity index (χ2n) is 8.99. The zero-order valence-electron chi connectivity index (χ0n) is 19.8. The third-order valence-corrected chi connectivity index (χ3v) is 6.65. The van der Waals surface area contributed by atoms with E-state index in [1.165, 1.54) is 37.7 Å². The molecule has 1 aromatic heterocycles. The first kappa shape index (κ1) is 23.2. The minimum atomic E-state index is -0.489. The third kappa shape index (κ3) is 5.19. The lowest BCUT2D eigenvalue weighted by molar-refractivity contribution is 0.521. The largest absolute Gasteiger partial charge is 0.419 e. The SMILES string of the molecule is CCCCCCCCCc1ccc2c(oc(=O)c3cc(-c4ccc(CC)cc4)ccc32)c1F. The molecule has 0 aliphatic rings. The second-order valence-corrected chi connectivity index (χ2v) is 8.99. The average molecular weight is 445 g/mol. The van der Waals surface area contributed by atoms with Gasteiger partial charge in [0.1, 0.15) is 0 Å². The van der Waals surface area contributed by atoms with Crippen LogP contribution in [0.5, 0.6) is 0 Å². The van der Waals surface area contributed by atoms with E-state index in [4.69, 9.17) is 4.42 Å². The summed E-state index contributed by atoms with van der Waals surface area (Å²) in [7, 11) is 0. The van der Waals surface area contributed by atoms with Gasteiger partial charge in [0, 0.05) is 10.8 Å². The summed E-state index contributed by atoms with van der Waals surface area (Å²) in [5.41, 5.74) is 3.49. The van der Waals surface area contributed by atoms with Gasteiger partial charge in [0.05, 0.1) is 5.39 Å². The predicted octanol–water partition coefficient (Wildman–Crippen LogP) is 8.61. The number of unbranched alkanes of at least 4 members (excludes halogenated alkanes) is 6. The summed E-state index contributed by atoms with van der Waals surface area (Å²) >= 11 is 0. The highest BCUT2D eigenvalue weighted by atomic mass is 19.1. The number of benzene rings is 3. The highest BCUT2D eigenvalue weighted by Gasteiger charge is 2.15. The molecule has 1 heterocycles. The monoisotopic (exact) mass is 444 g/mol. The van der Waals surface area contributed by atoms with E-state index < -0.39 is 11.4 Å². The van der Waals surface area contributed by atoms with Crippen LogP contribution in [0.3, 0.4) is 0 Å². The molecule has 0 spiro atoms. The third-order valence-electron chi connectivity index (χ3n) is 6.65. The molecular formula is C30H33FO2. The molecule has 3 heteroatoms. The van der Waals surface area contributed by atoms with Crippen molar-refractivity contribution in [2.75, 3.05) is 0 Å². The molecule has 0 saturated heterocycles. The Balaban J connectivity index is 1.59. The molecule has 0 aliphatic heterocycles. The topological polar surface area (TPSA) is 30.2 Å². The predicted molar refractivity (Wildman–Crippen MR) is 136 cm³/mol. The fourth-order valence-electron chi connectivity index (χ4n) is 4.58. The van der Waals surface area contributed by atoms with Crippen LogP contribution in [-0.2, 0) is 12.8 Å². The molecule has 0 unspecified atom stereocenters. The van der Waals surface area contributed by atoms with Crippen molar-refractivity contribution in [2.45, 2.75) is 71.6 Å². The van der Waals surface area contributed by atoms with Crippen LogP contribution in [-0.4, -0.2) is 0 Å². The van der Waals surface area contributed by atoms with E-state index >= 15 is 4.39 Å². The first-order valence-corrected chi connectivity index (χ1v) is 12.4. The molecule has 0 aliphatic carbocycles. The van der Waals surface area contributed by atoms with E-state index in [9.17, 15) is 4.79 Å². The van der Waals surface area contributed by atoms with Gasteiger partial charge in [-0.3, -0.25) is 0 Å². The van der Waals surface area contributed by atoms with Crippen LogP contribution in [0.15, 0.2) is 63.8 Å². The van der Waals surface area contributed by atoms with Gasteiger partial charge in [-0.2, -0.15) is 0 Å². The lowest BCUT2D eigenvalue weighted by Gasteiger charge is -2.09. The van der Waals surface area contributed by atoms with E-state index in [0.717, 1.165) is 35.8 Å². The summed E-state index contributed by atoms with van der Waals surface area (Å²) in [6, 6.07) is 17.8. The molecule has 3 aromatic carbocycles. The lowest BCUT2D eigenvalue weighted by Crippen LogP contribution is -2.03. The highest BCUT2D eigenvalue weighted by molar-refractivity contribution is 6.05. The Bertz CT molecular complexity index is 1280. The Morgan fingerprint density at radius 3 is 2.12 bits per heavy atom. The molecule has 172 valence electrons. The molecule has 4 aromatic rings. The number of hydrogen-bond acceptors (Lipinski definition) is 2. The maximum atomic E-state index is 15.2. The molecular weight excluding hydrogens is 411 g/mol. The summed E-state index contributed by atoms with van der Waals surface area (Å²) in [6.07, 6.45) is 9.97. The maximum Gasteiger partial charge on any atom is 0.344 e. The minimum absolute atomic E-state index is 0.0768. The van der Waals surface area contributed by atoms with Crippen LogP contribution in [0, 0.1) is 5.82 Å². The minimum Gasteiger partial charge on any atom is -0.419 e. The molecule has 0 saturated carbocycles. The van der Waals surface area contributed by atoms with Crippen molar-refractivity contribution < 1.29 is 8.81 Å². The lowest BCUT2D eigenvalue weighted by atomic mass is 9.98. The molecule has 33 heavy (non-hydrogen) atoms. The molecule has 4 rings (SSSR count). The Morgan fingerprint density at radius 1 is 0.727 bits per heavy atom. The molecule has 0 fully saturated rings. The Kier molecular flexibility index (Phi) is 7.59. The molecule has 2 nitrogen and oxygen atoms in total. The van der Waals surface area contributed by atoms with Crippen LogP contribution in [0.25, 0.3) is 32.9 Å². The fraction of sp³-hybridized carbons (Fsp3) is 0.367. The fourth-order valence-corrected chi connectivity index (χ4v) is 4.58. The summed E-state index contributed by atoms with van der Waals surface area (Å²) < 4.78 is 20.8. The zero-order chi connectivity index (χ0) is 23.2. The molecule has 0 atom stereocenters. The van der Waals surface area contributed by atoms with Crippen LogP contribution < -0.4 is 5.63 Å². The van der Waals surface area contributed by atoms with Crippen molar-refractivity contribution in [3.63, 3.8) is 0 Å². The van der Waals surface area contributed by atoms with Crippen molar-refractivity contribution in [1.82, 2.24) is 0 Å². The van der Waals surface area contributed by atoms with E-state index in [1.54, 1.807) is 0 Å². The maximum absolute atomic E-state index is 15.2. The number of hydrogen-bond donors (Lipinski definition) is 0. The molecule has 0 bridgehead atoms. The van der Waals surface area contributed by atoms with Gasteiger partial charge >= 0.3 is 5.63 Å². The van der Waals surface area contributed by atoms with Gasteiger partial charge in [0.25, 0.3) is 0 Å². The van der Waals surface area contributed by atoms with E-state index in [1.807, 2.05) is 30.3 Å². The van der Waals surface area contributed by atoms with Crippen molar-refractivity contribution in [2.24, 2.45) is 0 Å². The summed E-state index contributed by atoms with van der Waals surface area (Å²) in [5.74, 6) is -0.392. The van der Waals surface area contributed by atoms with Crippen molar-refractivity contribution in [3.05, 3.63) is 82.0 Å². The van der Waals surface area contributed by atoms with Crippen LogP contribution in [0.2, 0.25) is 0 Å². The van der Waals surface area contributed by atoms with E-state index in [-0.39, 0.29) is 5.58 Å². The van der Waals surface area contributed by atoms with Gasteiger partial charge < -0.3 is 4.42 Å². The van der Waals surface area contributed by atoms with Crippen LogP contribution in [0.1, 0.15) is 69.9 Å². The van der Waals surface area contributed by atoms with E-state index in [2.05, 4.69) is 38.1 Å². The van der Waals surface area contributed by atoms with Crippen molar-refractivity contribution in [3.8, 4) is 11.1 Å². The quantitative estimate of drug-likeness (QED) is 0.139. The second kappa shape index (κ2) is 10.8. The van der Waals surface area contributed by atoms with Gasteiger partial charge in [0.2, 0.25) is 0 Å². The first-order chi connectivity index (χ1) is 16.1. The standard InChI is InChI=1S/C30H33FO2/c1-3-5-6-7-8-9-10-11-23-16-19-26-25-18-17-24(22-14-12-21(4-2)13-15-22)20-27(25)30(32)33-29(26)28(23)31/h12-20H,3-11H2,1-2H3. The van der Waals surface area contributed by atoms with Gasteiger partial charge in [-0.25, -0.2) is 9.18 Å². The number of halogens is 1. The Labute approximate surface area is 195 Å². The van der Waals surface area contributed by atoms with Crippen LogP contribution >= 0.6 is 0 Å². The Hall–Kier alpha value is -2.94. The van der Waals surface area contributed by atoms with Gasteiger partial charge in [-0.15, -0.1) is 0 Å². The number of fused-ring (bicyclic) bond motifs is 3. The number of rotatable bonds is 10.